The van der Waals surface area contributed by atoms with Crippen LogP contribution in [0.1, 0.15) is 5.56 Å². The number of nitrogens with one attached hydrogen (secondary N) is 1. The Morgan fingerprint density at radius 2 is 1.92 bits per heavy atom. The summed E-state index contributed by atoms with van der Waals surface area (Å²) in [5, 5.41) is 13.8. The Bertz CT molecular complexity index is 886. The predicted octanol–water partition coefficient (Wildman–Crippen LogP) is 4.06. The van der Waals surface area contributed by atoms with Crippen molar-refractivity contribution in [3.63, 3.8) is 0 Å². The summed E-state index contributed by atoms with van der Waals surface area (Å²) < 4.78 is 23.4. The zero-order valence-corrected chi connectivity index (χ0v) is 14.5. The van der Waals surface area contributed by atoms with Gasteiger partial charge in [0.15, 0.2) is 0 Å². The van der Waals surface area contributed by atoms with Crippen molar-refractivity contribution in [2.45, 2.75) is 0 Å². The van der Waals surface area contributed by atoms with Crippen molar-refractivity contribution in [2.24, 2.45) is 0 Å². The van der Waals surface area contributed by atoms with E-state index >= 15 is 0 Å². The van der Waals surface area contributed by atoms with Crippen LogP contribution in [0.4, 0.5) is 15.8 Å². The molecule has 0 radical (unpaired) electrons. The van der Waals surface area contributed by atoms with Crippen LogP contribution in [0.3, 0.4) is 0 Å². The van der Waals surface area contributed by atoms with Gasteiger partial charge < -0.3 is 14.8 Å². The summed E-state index contributed by atoms with van der Waals surface area (Å²) in [5.41, 5.74) is -0.0519. The van der Waals surface area contributed by atoms with Gasteiger partial charge in [-0.25, -0.2) is 4.39 Å². The fraction of sp³-hybridized carbons (Fsp3) is 0.118. The van der Waals surface area contributed by atoms with Crippen molar-refractivity contribution in [3.05, 3.63) is 62.9 Å². The molecule has 1 N–H and O–H groups in total. The first-order valence-electron chi connectivity index (χ1n) is 7.20. The number of rotatable bonds is 6. The van der Waals surface area contributed by atoms with Gasteiger partial charge in [0.05, 0.1) is 41.5 Å². The Morgan fingerprint density at radius 3 is 2.54 bits per heavy atom. The molecule has 0 saturated heterocycles. The molecular formula is C17H14ClFN2O5. The maximum atomic E-state index is 13.1. The first-order chi connectivity index (χ1) is 12.3. The summed E-state index contributed by atoms with van der Waals surface area (Å²) in [6.45, 7) is 0. The van der Waals surface area contributed by atoms with Crippen LogP contribution in [0.25, 0.3) is 6.08 Å². The Morgan fingerprint density at radius 1 is 1.23 bits per heavy atom. The van der Waals surface area contributed by atoms with E-state index in [1.54, 1.807) is 0 Å². The second-order valence-corrected chi connectivity index (χ2v) is 5.38. The van der Waals surface area contributed by atoms with Crippen LogP contribution in [-0.2, 0) is 4.79 Å². The maximum Gasteiger partial charge on any atom is 0.279 e. The highest BCUT2D eigenvalue weighted by atomic mass is 35.5. The van der Waals surface area contributed by atoms with Crippen LogP contribution >= 0.6 is 11.6 Å². The van der Waals surface area contributed by atoms with Crippen molar-refractivity contribution >= 4 is 35.0 Å². The molecule has 1 amide bonds. The maximum absolute atomic E-state index is 13.1. The van der Waals surface area contributed by atoms with Gasteiger partial charge in [-0.3, -0.25) is 14.9 Å². The molecule has 0 unspecified atom stereocenters. The van der Waals surface area contributed by atoms with E-state index < -0.39 is 22.3 Å². The lowest BCUT2D eigenvalue weighted by atomic mass is 10.1. The van der Waals surface area contributed by atoms with Gasteiger partial charge >= 0.3 is 0 Å². The minimum Gasteiger partial charge on any atom is -0.495 e. The lowest BCUT2D eigenvalue weighted by molar-refractivity contribution is -0.385. The van der Waals surface area contributed by atoms with E-state index in [1.165, 1.54) is 38.5 Å². The van der Waals surface area contributed by atoms with Crippen molar-refractivity contribution in [1.82, 2.24) is 0 Å². The van der Waals surface area contributed by atoms with Crippen molar-refractivity contribution in [3.8, 4) is 11.5 Å². The molecule has 0 aliphatic heterocycles. The molecule has 0 aliphatic carbocycles. The number of nitro benzene ring substituents is 1. The van der Waals surface area contributed by atoms with E-state index in [4.69, 9.17) is 21.1 Å². The van der Waals surface area contributed by atoms with Gasteiger partial charge in [-0.1, -0.05) is 11.6 Å². The molecule has 7 nitrogen and oxygen atoms in total. The summed E-state index contributed by atoms with van der Waals surface area (Å²) >= 11 is 5.99. The molecule has 26 heavy (non-hydrogen) atoms. The summed E-state index contributed by atoms with van der Waals surface area (Å²) in [6, 6.07) is 6.02. The number of nitro groups is 1. The highest BCUT2D eigenvalue weighted by Crippen LogP contribution is 2.35. The van der Waals surface area contributed by atoms with Gasteiger partial charge in [0.25, 0.3) is 5.69 Å². The standard InChI is InChI=1S/C17H14ClFN2O5/c1-25-15-9-13(16(26-2)8-12(15)18)20-17(22)6-4-10-3-5-11(19)7-14(10)21(23)24/h3-9H,1-2H3,(H,20,22). The smallest absolute Gasteiger partial charge is 0.279 e. The van der Waals surface area contributed by atoms with Gasteiger partial charge in [-0.05, 0) is 18.2 Å². The molecule has 9 heteroatoms. The van der Waals surface area contributed by atoms with E-state index in [9.17, 15) is 19.3 Å². The highest BCUT2D eigenvalue weighted by molar-refractivity contribution is 6.32. The monoisotopic (exact) mass is 380 g/mol. The fourth-order valence-corrected chi connectivity index (χ4v) is 2.34. The minimum absolute atomic E-state index is 0.0900. The number of methoxy groups -OCH3 is 2. The summed E-state index contributed by atoms with van der Waals surface area (Å²) in [5.74, 6) is -0.672. The second-order valence-electron chi connectivity index (χ2n) is 4.97. The zero-order valence-electron chi connectivity index (χ0n) is 13.8. The van der Waals surface area contributed by atoms with Gasteiger partial charge in [0, 0.05) is 18.2 Å². The Balaban J connectivity index is 2.24. The zero-order chi connectivity index (χ0) is 19.3. The van der Waals surface area contributed by atoms with Gasteiger partial charge in [0.1, 0.15) is 17.3 Å². The summed E-state index contributed by atoms with van der Waals surface area (Å²) in [4.78, 5) is 22.3. The molecule has 2 aromatic carbocycles. The van der Waals surface area contributed by atoms with E-state index in [0.717, 1.165) is 18.2 Å². The lowest BCUT2D eigenvalue weighted by Gasteiger charge is -2.12. The normalized spacial score (nSPS) is 10.6. The molecule has 0 bridgehead atoms. The number of nitrogens with zero attached hydrogens (tertiary/aromatic N) is 1. The number of amides is 1. The fourth-order valence-electron chi connectivity index (χ4n) is 2.11. The van der Waals surface area contributed by atoms with E-state index in [1.807, 2.05) is 0 Å². The number of halogens is 2. The molecule has 0 spiro atoms. The van der Waals surface area contributed by atoms with E-state index in [-0.39, 0.29) is 5.56 Å². The first kappa shape index (κ1) is 19.2. The summed E-state index contributed by atoms with van der Waals surface area (Å²) in [6.07, 6.45) is 2.30. The lowest BCUT2D eigenvalue weighted by Crippen LogP contribution is -2.09. The molecule has 0 heterocycles. The van der Waals surface area contributed by atoms with Crippen LogP contribution in [0, 0.1) is 15.9 Å². The number of carbonyl (C=O) groups is 1. The van der Waals surface area contributed by atoms with Crippen LogP contribution < -0.4 is 14.8 Å². The molecule has 0 aromatic heterocycles. The third kappa shape index (κ3) is 4.48. The Hall–Kier alpha value is -3.13. The van der Waals surface area contributed by atoms with E-state index in [0.29, 0.717) is 22.2 Å². The van der Waals surface area contributed by atoms with Crippen LogP contribution in [0.5, 0.6) is 11.5 Å². The van der Waals surface area contributed by atoms with Crippen LogP contribution in [-0.4, -0.2) is 25.1 Å². The van der Waals surface area contributed by atoms with Gasteiger partial charge in [-0.15, -0.1) is 0 Å². The molecular weight excluding hydrogens is 367 g/mol. The Kier molecular flexibility index (Phi) is 6.13. The molecule has 0 aliphatic rings. The first-order valence-corrected chi connectivity index (χ1v) is 7.58. The molecule has 0 atom stereocenters. The number of benzene rings is 2. The number of hydrogen-bond acceptors (Lipinski definition) is 5. The highest BCUT2D eigenvalue weighted by Gasteiger charge is 2.14. The molecule has 2 rings (SSSR count). The van der Waals surface area contributed by atoms with Crippen LogP contribution in [0.15, 0.2) is 36.4 Å². The molecule has 0 fully saturated rings. The topological polar surface area (TPSA) is 90.7 Å². The molecule has 136 valence electrons. The SMILES string of the molecule is COc1cc(NC(=O)C=Cc2ccc(F)cc2[N+](=O)[O-])c(OC)cc1Cl. The number of anilines is 1. The largest absolute Gasteiger partial charge is 0.495 e. The minimum atomic E-state index is -0.740. The quantitative estimate of drug-likeness (QED) is 0.463. The average Bonchev–Trinajstić information content (AvgIpc) is 2.61. The van der Waals surface area contributed by atoms with Crippen LogP contribution in [0.2, 0.25) is 5.02 Å². The average molecular weight is 381 g/mol. The number of hydrogen-bond donors (Lipinski definition) is 1. The van der Waals surface area contributed by atoms with Gasteiger partial charge in [0.2, 0.25) is 5.91 Å². The molecule has 2 aromatic rings. The second kappa shape index (κ2) is 8.30. The predicted molar refractivity (Wildman–Crippen MR) is 95.3 cm³/mol. The van der Waals surface area contributed by atoms with Gasteiger partial charge in [-0.2, -0.15) is 0 Å². The number of ether oxygens (including phenoxy) is 2. The summed E-state index contributed by atoms with van der Waals surface area (Å²) in [7, 11) is 2.83. The van der Waals surface area contributed by atoms with Crippen molar-refractivity contribution in [2.75, 3.05) is 19.5 Å². The Labute approximate surface area is 153 Å². The third-order valence-corrected chi connectivity index (χ3v) is 3.63. The molecule has 0 saturated carbocycles. The number of carbonyl (C=O) groups excluding carboxylic acids is 1. The van der Waals surface area contributed by atoms with Crippen molar-refractivity contribution < 1.29 is 23.6 Å². The third-order valence-electron chi connectivity index (χ3n) is 3.34. The van der Waals surface area contributed by atoms with E-state index in [2.05, 4.69) is 5.32 Å². The van der Waals surface area contributed by atoms with Crippen molar-refractivity contribution in [1.29, 1.82) is 0 Å².